The molecule has 0 aliphatic carbocycles. The molecule has 0 aromatic rings. The molecule has 1 unspecified atom stereocenters. The van der Waals surface area contributed by atoms with Crippen molar-refractivity contribution in [2.75, 3.05) is 13.2 Å². The molecule has 0 saturated carbocycles. The van der Waals surface area contributed by atoms with Gasteiger partial charge in [-0.15, -0.1) is 6.58 Å². The van der Waals surface area contributed by atoms with Gasteiger partial charge in [-0.1, -0.05) is 26.8 Å². The summed E-state index contributed by atoms with van der Waals surface area (Å²) in [5.41, 5.74) is 0.00505. The maximum atomic E-state index is 6.13. The van der Waals surface area contributed by atoms with E-state index < -0.39 is 0 Å². The second-order valence-corrected chi connectivity index (χ2v) is 4.93. The monoisotopic (exact) mass is 255 g/mol. The third kappa shape index (κ3) is 5.53. The molecule has 2 nitrogen and oxygen atoms in total. The van der Waals surface area contributed by atoms with Crippen molar-refractivity contribution in [3.63, 3.8) is 0 Å². The molecule has 0 spiro atoms. The second-order valence-electron chi connectivity index (χ2n) is 4.93. The molecule has 0 bridgehead atoms. The predicted octanol–water partition coefficient (Wildman–Crippen LogP) is 4.31. The second kappa shape index (κ2) is 10.6. The van der Waals surface area contributed by atoms with Crippen LogP contribution in [-0.2, 0) is 4.74 Å². The van der Waals surface area contributed by atoms with E-state index in [0.717, 1.165) is 32.4 Å². The topological polar surface area (TPSA) is 21.3 Å². The first kappa shape index (κ1) is 17.7. The van der Waals surface area contributed by atoms with Gasteiger partial charge in [0.05, 0.1) is 5.60 Å². The van der Waals surface area contributed by atoms with E-state index in [1.54, 1.807) is 0 Å². The third-order valence-electron chi connectivity index (χ3n) is 3.81. The lowest BCUT2D eigenvalue weighted by Crippen LogP contribution is -2.52. The summed E-state index contributed by atoms with van der Waals surface area (Å²) >= 11 is 0. The highest BCUT2D eigenvalue weighted by Crippen LogP contribution is 2.28. The Kier molecular flexibility index (Phi) is 10.4. The quantitative estimate of drug-likeness (QED) is 0.414. The first-order valence-corrected chi connectivity index (χ1v) is 7.68. The zero-order valence-corrected chi connectivity index (χ0v) is 12.9. The van der Waals surface area contributed by atoms with Gasteiger partial charge in [0.1, 0.15) is 0 Å². The summed E-state index contributed by atoms with van der Waals surface area (Å²) in [7, 11) is 0. The van der Waals surface area contributed by atoms with E-state index in [1.165, 1.54) is 19.3 Å². The summed E-state index contributed by atoms with van der Waals surface area (Å²) in [6.45, 7) is 14.5. The smallest absolute Gasteiger partial charge is 0.0829 e. The minimum Gasteiger partial charge on any atom is -0.374 e. The van der Waals surface area contributed by atoms with Gasteiger partial charge in [0.2, 0.25) is 0 Å². The Morgan fingerprint density at radius 3 is 2.33 bits per heavy atom. The van der Waals surface area contributed by atoms with E-state index >= 15 is 0 Å². The maximum Gasteiger partial charge on any atom is 0.0829 e. The molecule has 0 radical (unpaired) electrons. The number of hydrogen-bond donors (Lipinski definition) is 1. The van der Waals surface area contributed by atoms with Gasteiger partial charge in [0, 0.05) is 12.6 Å². The highest BCUT2D eigenvalue weighted by molar-refractivity contribution is 4.92. The summed E-state index contributed by atoms with van der Waals surface area (Å²) in [6.07, 6.45) is 8.80. The van der Waals surface area contributed by atoms with Crippen LogP contribution in [0.3, 0.4) is 0 Å². The van der Waals surface area contributed by atoms with Crippen LogP contribution in [0.4, 0.5) is 0 Å². The van der Waals surface area contributed by atoms with Crippen molar-refractivity contribution in [2.45, 2.75) is 77.9 Å². The SMILES string of the molecule is C=CCCCC(NCCC)C(CC)(CC)OCC. The van der Waals surface area contributed by atoms with Crippen molar-refractivity contribution in [1.82, 2.24) is 5.32 Å². The van der Waals surface area contributed by atoms with Crippen molar-refractivity contribution in [3.05, 3.63) is 12.7 Å². The Labute approximate surface area is 114 Å². The fraction of sp³-hybridized carbons (Fsp3) is 0.875. The van der Waals surface area contributed by atoms with Crippen molar-refractivity contribution in [2.24, 2.45) is 0 Å². The zero-order valence-electron chi connectivity index (χ0n) is 12.9. The minimum absolute atomic E-state index is 0.00505. The largest absolute Gasteiger partial charge is 0.374 e. The summed E-state index contributed by atoms with van der Waals surface area (Å²) in [5, 5.41) is 3.70. The molecule has 0 fully saturated rings. The zero-order chi connectivity index (χ0) is 13.9. The summed E-state index contributed by atoms with van der Waals surface area (Å²) in [6, 6.07) is 0.465. The van der Waals surface area contributed by atoms with Gasteiger partial charge in [-0.3, -0.25) is 0 Å². The Morgan fingerprint density at radius 2 is 1.89 bits per heavy atom. The first-order valence-electron chi connectivity index (χ1n) is 7.68. The van der Waals surface area contributed by atoms with Gasteiger partial charge in [-0.2, -0.15) is 0 Å². The van der Waals surface area contributed by atoms with Crippen molar-refractivity contribution < 1.29 is 4.74 Å². The van der Waals surface area contributed by atoms with Crippen LogP contribution in [0.25, 0.3) is 0 Å². The first-order chi connectivity index (χ1) is 8.70. The van der Waals surface area contributed by atoms with E-state index in [9.17, 15) is 0 Å². The van der Waals surface area contributed by atoms with E-state index in [-0.39, 0.29) is 5.60 Å². The van der Waals surface area contributed by atoms with E-state index in [2.05, 4.69) is 39.6 Å². The summed E-state index contributed by atoms with van der Waals surface area (Å²) in [4.78, 5) is 0. The maximum absolute atomic E-state index is 6.13. The van der Waals surface area contributed by atoms with E-state index in [0.29, 0.717) is 6.04 Å². The molecule has 0 aliphatic rings. The number of ether oxygens (including phenoxy) is 1. The molecule has 108 valence electrons. The molecule has 0 aliphatic heterocycles. The van der Waals surface area contributed by atoms with E-state index in [4.69, 9.17) is 4.74 Å². The number of hydrogen-bond acceptors (Lipinski definition) is 2. The van der Waals surface area contributed by atoms with Crippen LogP contribution in [-0.4, -0.2) is 24.8 Å². The normalized spacial score (nSPS) is 13.6. The molecule has 0 heterocycles. The highest BCUT2D eigenvalue weighted by Gasteiger charge is 2.35. The Hall–Kier alpha value is -0.340. The van der Waals surface area contributed by atoms with Crippen LogP contribution in [0, 0.1) is 0 Å². The fourth-order valence-electron chi connectivity index (χ4n) is 2.67. The molecular formula is C16H33NO. The number of unbranched alkanes of at least 4 members (excludes halogenated alkanes) is 1. The molecule has 2 heteroatoms. The number of allylic oxidation sites excluding steroid dienone is 1. The molecule has 0 rings (SSSR count). The summed E-state index contributed by atoms with van der Waals surface area (Å²) < 4.78 is 6.13. The lowest BCUT2D eigenvalue weighted by Gasteiger charge is -2.40. The minimum atomic E-state index is 0.00505. The average Bonchev–Trinajstić information content (AvgIpc) is 2.40. The highest BCUT2D eigenvalue weighted by atomic mass is 16.5. The molecule has 18 heavy (non-hydrogen) atoms. The van der Waals surface area contributed by atoms with Crippen molar-refractivity contribution in [3.8, 4) is 0 Å². The van der Waals surface area contributed by atoms with Crippen molar-refractivity contribution >= 4 is 0 Å². The van der Waals surface area contributed by atoms with Crippen LogP contribution in [0.2, 0.25) is 0 Å². The lowest BCUT2D eigenvalue weighted by atomic mass is 9.85. The van der Waals surface area contributed by atoms with Gasteiger partial charge in [-0.05, 0) is 52.0 Å². The number of nitrogens with one attached hydrogen (secondary N) is 1. The predicted molar refractivity (Wildman–Crippen MR) is 81.1 cm³/mol. The molecule has 1 N–H and O–H groups in total. The van der Waals surface area contributed by atoms with Gasteiger partial charge in [0.15, 0.2) is 0 Å². The average molecular weight is 255 g/mol. The van der Waals surface area contributed by atoms with Crippen molar-refractivity contribution in [1.29, 1.82) is 0 Å². The number of rotatable bonds is 12. The molecule has 1 atom stereocenters. The van der Waals surface area contributed by atoms with Crippen LogP contribution in [0.1, 0.15) is 66.2 Å². The molecule has 0 amide bonds. The summed E-state index contributed by atoms with van der Waals surface area (Å²) in [5.74, 6) is 0. The molecular weight excluding hydrogens is 222 g/mol. The van der Waals surface area contributed by atoms with Gasteiger partial charge < -0.3 is 10.1 Å². The van der Waals surface area contributed by atoms with Crippen LogP contribution in [0.15, 0.2) is 12.7 Å². The Bertz CT molecular complexity index is 199. The molecule has 0 saturated heterocycles. The van der Waals surface area contributed by atoms with Crippen LogP contribution < -0.4 is 5.32 Å². The Balaban J connectivity index is 4.66. The Morgan fingerprint density at radius 1 is 1.22 bits per heavy atom. The van der Waals surface area contributed by atoms with Gasteiger partial charge in [0.25, 0.3) is 0 Å². The van der Waals surface area contributed by atoms with Crippen LogP contribution >= 0.6 is 0 Å². The molecule has 0 aromatic carbocycles. The molecule has 0 aromatic heterocycles. The fourth-order valence-corrected chi connectivity index (χ4v) is 2.67. The third-order valence-corrected chi connectivity index (χ3v) is 3.81. The van der Waals surface area contributed by atoms with Gasteiger partial charge in [-0.25, -0.2) is 0 Å². The van der Waals surface area contributed by atoms with Gasteiger partial charge >= 0.3 is 0 Å². The lowest BCUT2D eigenvalue weighted by molar-refractivity contribution is -0.0740. The standard InChI is InChI=1S/C16H33NO/c1-6-11-12-13-15(17-14-7-2)16(8-3,9-4)18-10-5/h6,15,17H,1,7-14H2,2-5H3. The van der Waals surface area contributed by atoms with Crippen LogP contribution in [0.5, 0.6) is 0 Å². The van der Waals surface area contributed by atoms with E-state index in [1.807, 2.05) is 6.08 Å².